The van der Waals surface area contributed by atoms with Gasteiger partial charge in [0.1, 0.15) is 0 Å². The van der Waals surface area contributed by atoms with E-state index in [9.17, 15) is 4.79 Å². The second-order valence-corrected chi connectivity index (χ2v) is 6.65. The summed E-state index contributed by atoms with van der Waals surface area (Å²) in [5.41, 5.74) is 2.50. The molecule has 142 valence electrons. The quantitative estimate of drug-likeness (QED) is 0.632. The number of fused-ring (bicyclic) bond motifs is 3. The van der Waals surface area contributed by atoms with Crippen molar-refractivity contribution >= 4 is 17.6 Å². The van der Waals surface area contributed by atoms with Crippen molar-refractivity contribution in [1.82, 2.24) is 9.47 Å². The Labute approximate surface area is 164 Å². The minimum absolute atomic E-state index is 0.403. The normalized spacial score (nSPS) is 12.5. The smallest absolute Gasteiger partial charge is 0.415 e. The van der Waals surface area contributed by atoms with Gasteiger partial charge in [-0.1, -0.05) is 49.4 Å². The molecule has 1 amide bonds. The number of ether oxygens (including phenoxy) is 2. The minimum atomic E-state index is -0.410. The van der Waals surface area contributed by atoms with E-state index >= 15 is 0 Å². The summed E-state index contributed by atoms with van der Waals surface area (Å²) in [4.78, 5) is 14.3. The van der Waals surface area contributed by atoms with Gasteiger partial charge in [0, 0.05) is 25.4 Å². The lowest BCUT2D eigenvalue weighted by molar-refractivity contribution is 0.153. The van der Waals surface area contributed by atoms with Crippen molar-refractivity contribution in [3.63, 3.8) is 0 Å². The molecule has 2 heterocycles. The topological polar surface area (TPSA) is 43.7 Å². The predicted molar refractivity (Wildman–Crippen MR) is 109 cm³/mol. The fourth-order valence-electron chi connectivity index (χ4n) is 3.26. The van der Waals surface area contributed by atoms with Crippen molar-refractivity contribution < 1.29 is 14.3 Å². The maximum absolute atomic E-state index is 12.7. The number of para-hydroxylation sites is 2. The van der Waals surface area contributed by atoms with E-state index in [1.165, 1.54) is 0 Å². The lowest BCUT2D eigenvalue weighted by Gasteiger charge is -2.19. The average Bonchev–Trinajstić information content (AvgIpc) is 3.16. The number of benzene rings is 2. The molecule has 0 radical (unpaired) electrons. The van der Waals surface area contributed by atoms with Gasteiger partial charge in [-0.2, -0.15) is 0 Å². The zero-order chi connectivity index (χ0) is 19.5. The molecular formula is C23H22N2O3. The lowest BCUT2D eigenvalue weighted by atomic mass is 10.1. The molecule has 0 saturated heterocycles. The summed E-state index contributed by atoms with van der Waals surface area (Å²) in [5, 5.41) is 0. The van der Waals surface area contributed by atoms with E-state index in [-0.39, 0.29) is 0 Å². The molecule has 2 aromatic carbocycles. The van der Waals surface area contributed by atoms with Crippen LogP contribution in [0, 0.1) is 0 Å². The molecule has 0 atom stereocenters. The standard InChI is InChI=1S/C23H22N2O3/c1-3-15-24(2)23(26)28-22-19-13-9-16-25(19)18-12-7-8-14-20(18)27-21(22)17-10-5-4-6-11-17/h4-14,16H,3,15H2,1-2H3. The summed E-state index contributed by atoms with van der Waals surface area (Å²) in [6, 6.07) is 21.3. The molecular weight excluding hydrogens is 352 g/mol. The number of hydrogen-bond acceptors (Lipinski definition) is 3. The zero-order valence-electron chi connectivity index (χ0n) is 16.0. The molecule has 5 heteroatoms. The Balaban J connectivity index is 1.89. The van der Waals surface area contributed by atoms with E-state index in [2.05, 4.69) is 0 Å². The van der Waals surface area contributed by atoms with Gasteiger partial charge in [-0.05, 0) is 30.7 Å². The first kappa shape index (κ1) is 17.9. The summed E-state index contributed by atoms with van der Waals surface area (Å²) in [6.07, 6.45) is 2.39. The van der Waals surface area contributed by atoms with Gasteiger partial charge >= 0.3 is 6.09 Å². The van der Waals surface area contributed by atoms with Crippen molar-refractivity contribution in [2.75, 3.05) is 13.6 Å². The number of aromatic nitrogens is 1. The van der Waals surface area contributed by atoms with Crippen molar-refractivity contribution in [3.8, 4) is 11.4 Å². The highest BCUT2D eigenvalue weighted by atomic mass is 16.6. The second kappa shape index (κ2) is 7.64. The van der Waals surface area contributed by atoms with Crippen LogP contribution in [0.15, 0.2) is 72.9 Å². The molecule has 4 rings (SSSR count). The van der Waals surface area contributed by atoms with E-state index in [1.54, 1.807) is 11.9 Å². The minimum Gasteiger partial charge on any atom is -0.451 e. The summed E-state index contributed by atoms with van der Waals surface area (Å²) >= 11 is 0. The Morgan fingerprint density at radius 2 is 1.79 bits per heavy atom. The number of nitrogens with zero attached hydrogens (tertiary/aromatic N) is 2. The molecule has 5 nitrogen and oxygen atoms in total. The van der Waals surface area contributed by atoms with E-state index in [0.29, 0.717) is 23.8 Å². The first-order valence-electron chi connectivity index (χ1n) is 9.36. The van der Waals surface area contributed by atoms with Gasteiger partial charge in [-0.3, -0.25) is 0 Å². The molecule has 1 aliphatic heterocycles. The Kier molecular flexibility index (Phi) is 4.89. The van der Waals surface area contributed by atoms with Crippen LogP contribution in [0.25, 0.3) is 17.2 Å². The third-order valence-electron chi connectivity index (χ3n) is 4.62. The largest absolute Gasteiger partial charge is 0.451 e. The Bertz CT molecular complexity index is 1020. The van der Waals surface area contributed by atoms with Gasteiger partial charge in [0.2, 0.25) is 0 Å². The van der Waals surface area contributed by atoms with Crippen LogP contribution in [0.4, 0.5) is 4.79 Å². The highest BCUT2D eigenvalue weighted by molar-refractivity contribution is 5.90. The van der Waals surface area contributed by atoms with E-state index < -0.39 is 6.09 Å². The summed E-state index contributed by atoms with van der Waals surface area (Å²) in [6.45, 7) is 2.64. The number of carbonyl (C=O) groups excluding carboxylic acids is 1. The monoisotopic (exact) mass is 374 g/mol. The molecule has 0 spiro atoms. The van der Waals surface area contributed by atoms with Crippen molar-refractivity contribution in [1.29, 1.82) is 0 Å². The molecule has 28 heavy (non-hydrogen) atoms. The highest BCUT2D eigenvalue weighted by Crippen LogP contribution is 2.38. The second-order valence-electron chi connectivity index (χ2n) is 6.65. The third-order valence-corrected chi connectivity index (χ3v) is 4.62. The Morgan fingerprint density at radius 1 is 1.04 bits per heavy atom. The summed E-state index contributed by atoms with van der Waals surface area (Å²) in [5.74, 6) is 1.62. The van der Waals surface area contributed by atoms with Gasteiger partial charge < -0.3 is 18.9 Å². The highest BCUT2D eigenvalue weighted by Gasteiger charge is 2.27. The molecule has 0 N–H and O–H groups in total. The van der Waals surface area contributed by atoms with Crippen molar-refractivity contribution in [2.45, 2.75) is 13.3 Å². The predicted octanol–water partition coefficient (Wildman–Crippen LogP) is 5.17. The van der Waals surface area contributed by atoms with E-state index in [4.69, 9.17) is 9.47 Å². The van der Waals surface area contributed by atoms with Crippen molar-refractivity contribution in [3.05, 3.63) is 84.2 Å². The molecule has 3 aromatic rings. The van der Waals surface area contributed by atoms with Gasteiger partial charge in [0.15, 0.2) is 17.3 Å². The van der Waals surface area contributed by atoms with Crippen LogP contribution in [0.2, 0.25) is 0 Å². The third kappa shape index (κ3) is 3.27. The molecule has 0 aliphatic carbocycles. The fraction of sp³-hybridized carbons (Fsp3) is 0.174. The zero-order valence-corrected chi connectivity index (χ0v) is 16.0. The van der Waals surface area contributed by atoms with Gasteiger partial charge in [0.05, 0.1) is 11.4 Å². The van der Waals surface area contributed by atoms with Crippen molar-refractivity contribution in [2.24, 2.45) is 0 Å². The molecule has 0 unspecified atom stereocenters. The molecule has 1 aliphatic rings. The van der Waals surface area contributed by atoms with E-state index in [0.717, 1.165) is 23.4 Å². The molecule has 0 bridgehead atoms. The van der Waals surface area contributed by atoms with E-state index in [1.807, 2.05) is 84.4 Å². The van der Waals surface area contributed by atoms with Crippen LogP contribution in [-0.2, 0) is 4.74 Å². The van der Waals surface area contributed by atoms with Crippen LogP contribution in [0.5, 0.6) is 5.75 Å². The number of amides is 1. The van der Waals surface area contributed by atoms with Crippen LogP contribution >= 0.6 is 0 Å². The molecule has 0 saturated carbocycles. The van der Waals surface area contributed by atoms with Crippen LogP contribution in [0.3, 0.4) is 0 Å². The SMILES string of the molecule is CCCN(C)C(=O)OC1=C(c2ccccc2)Oc2ccccc2-n2cccc21. The molecule has 0 fully saturated rings. The summed E-state index contributed by atoms with van der Waals surface area (Å²) in [7, 11) is 1.74. The number of rotatable bonds is 4. The Hall–Kier alpha value is -3.47. The van der Waals surface area contributed by atoms with Gasteiger partial charge in [-0.15, -0.1) is 0 Å². The lowest BCUT2D eigenvalue weighted by Crippen LogP contribution is -2.28. The summed E-state index contributed by atoms with van der Waals surface area (Å²) < 4.78 is 14.2. The first-order chi connectivity index (χ1) is 13.7. The maximum atomic E-state index is 12.7. The van der Waals surface area contributed by atoms with Crippen LogP contribution in [0.1, 0.15) is 24.6 Å². The Morgan fingerprint density at radius 3 is 2.57 bits per heavy atom. The van der Waals surface area contributed by atoms with Gasteiger partial charge in [0.25, 0.3) is 0 Å². The average molecular weight is 374 g/mol. The van der Waals surface area contributed by atoms with Crippen LogP contribution < -0.4 is 4.74 Å². The number of carbonyl (C=O) groups is 1. The first-order valence-corrected chi connectivity index (χ1v) is 9.36. The fourth-order valence-corrected chi connectivity index (χ4v) is 3.26. The number of hydrogen-bond donors (Lipinski definition) is 0. The van der Waals surface area contributed by atoms with Crippen LogP contribution in [-0.4, -0.2) is 29.2 Å². The molecule has 1 aromatic heterocycles. The maximum Gasteiger partial charge on any atom is 0.415 e. The van der Waals surface area contributed by atoms with Gasteiger partial charge in [-0.25, -0.2) is 4.79 Å².